The third kappa shape index (κ3) is 2.41. The number of aromatic carboxylic acids is 1. The Kier molecular flexibility index (Phi) is 3.22. The Morgan fingerprint density at radius 3 is 2.67 bits per heavy atom. The molecular weight excluding hydrogens is 278 g/mol. The van der Waals surface area contributed by atoms with E-state index in [1.54, 1.807) is 6.92 Å². The third-order valence-electron chi connectivity index (χ3n) is 2.83. The lowest BCUT2D eigenvalue weighted by Gasteiger charge is -2.17. The molecule has 0 aliphatic carbocycles. The van der Waals surface area contributed by atoms with Gasteiger partial charge in [0, 0.05) is 18.5 Å². The number of hydrogen-bond acceptors (Lipinski definition) is 5. The largest absolute Gasteiger partial charge is 0.478 e. The highest BCUT2D eigenvalue weighted by atomic mass is 32.2. The van der Waals surface area contributed by atoms with Gasteiger partial charge in [-0.3, -0.25) is 0 Å². The standard InChI is InChI=1S/C10H13NO5S2/c1-10(14)2-3-11(6-10)18(15,16)8-4-7(5-17-8)9(12)13/h4-5,14H,2-3,6H2,1H3,(H,12,13). The Morgan fingerprint density at radius 2 is 2.22 bits per heavy atom. The lowest BCUT2D eigenvalue weighted by molar-refractivity contribution is 0.0696. The van der Waals surface area contributed by atoms with Crippen molar-refractivity contribution in [3.8, 4) is 0 Å². The summed E-state index contributed by atoms with van der Waals surface area (Å²) in [6.45, 7) is 1.87. The number of hydrogen-bond donors (Lipinski definition) is 2. The first-order chi connectivity index (χ1) is 8.22. The van der Waals surface area contributed by atoms with Gasteiger partial charge in [-0.15, -0.1) is 11.3 Å². The second-order valence-electron chi connectivity index (χ2n) is 4.55. The average Bonchev–Trinajstić information content (AvgIpc) is 2.84. The van der Waals surface area contributed by atoms with E-state index >= 15 is 0 Å². The fourth-order valence-electron chi connectivity index (χ4n) is 1.80. The van der Waals surface area contributed by atoms with Crippen molar-refractivity contribution in [1.29, 1.82) is 0 Å². The molecule has 0 aromatic carbocycles. The lowest BCUT2D eigenvalue weighted by Crippen LogP contribution is -2.33. The van der Waals surface area contributed by atoms with Crippen LogP contribution in [0.5, 0.6) is 0 Å². The maximum atomic E-state index is 12.2. The predicted octanol–water partition coefficient (Wildman–Crippen LogP) is 0.592. The Morgan fingerprint density at radius 1 is 1.56 bits per heavy atom. The van der Waals surface area contributed by atoms with Crippen LogP contribution in [0.3, 0.4) is 0 Å². The van der Waals surface area contributed by atoms with Crippen molar-refractivity contribution in [3.63, 3.8) is 0 Å². The van der Waals surface area contributed by atoms with Gasteiger partial charge in [0.25, 0.3) is 10.0 Å². The van der Waals surface area contributed by atoms with E-state index in [9.17, 15) is 18.3 Å². The van der Waals surface area contributed by atoms with Crippen LogP contribution >= 0.6 is 11.3 Å². The van der Waals surface area contributed by atoms with Crippen molar-refractivity contribution in [1.82, 2.24) is 4.31 Å². The number of nitrogens with zero attached hydrogens (tertiary/aromatic N) is 1. The van der Waals surface area contributed by atoms with E-state index in [2.05, 4.69) is 0 Å². The van der Waals surface area contributed by atoms with Crippen LogP contribution in [0, 0.1) is 0 Å². The zero-order valence-corrected chi connectivity index (χ0v) is 11.3. The molecule has 1 aromatic rings. The summed E-state index contributed by atoms with van der Waals surface area (Å²) in [5, 5.41) is 19.8. The number of aliphatic hydroxyl groups is 1. The minimum atomic E-state index is -3.69. The molecule has 0 radical (unpaired) electrons. The Balaban J connectivity index is 2.28. The number of carboxylic acid groups (broad SMARTS) is 1. The third-order valence-corrected chi connectivity index (χ3v) is 6.09. The van der Waals surface area contributed by atoms with Crippen molar-refractivity contribution in [3.05, 3.63) is 17.0 Å². The summed E-state index contributed by atoms with van der Waals surface area (Å²) in [6.07, 6.45) is 0.378. The molecule has 1 aliphatic rings. The molecule has 6 nitrogen and oxygen atoms in total. The number of thiophene rings is 1. The van der Waals surface area contributed by atoms with Crippen molar-refractivity contribution in [2.24, 2.45) is 0 Å². The summed E-state index contributed by atoms with van der Waals surface area (Å²) in [6, 6.07) is 1.15. The average molecular weight is 291 g/mol. The van der Waals surface area contributed by atoms with Gasteiger partial charge in [-0.05, 0) is 19.4 Å². The zero-order valence-electron chi connectivity index (χ0n) is 9.66. The second-order valence-corrected chi connectivity index (χ2v) is 7.62. The molecule has 1 atom stereocenters. The van der Waals surface area contributed by atoms with Crippen LogP contribution in [-0.4, -0.2) is 47.6 Å². The lowest BCUT2D eigenvalue weighted by atomic mass is 10.1. The van der Waals surface area contributed by atoms with Gasteiger partial charge >= 0.3 is 5.97 Å². The quantitative estimate of drug-likeness (QED) is 0.850. The van der Waals surface area contributed by atoms with E-state index in [1.165, 1.54) is 9.69 Å². The van der Waals surface area contributed by atoms with Gasteiger partial charge in [0.05, 0.1) is 11.2 Å². The van der Waals surface area contributed by atoms with Crippen LogP contribution in [0.15, 0.2) is 15.7 Å². The van der Waals surface area contributed by atoms with E-state index in [4.69, 9.17) is 5.11 Å². The first-order valence-electron chi connectivity index (χ1n) is 5.27. The maximum absolute atomic E-state index is 12.2. The topological polar surface area (TPSA) is 94.9 Å². The van der Waals surface area contributed by atoms with E-state index < -0.39 is 21.6 Å². The van der Waals surface area contributed by atoms with E-state index in [0.29, 0.717) is 6.42 Å². The molecule has 1 fully saturated rings. The summed E-state index contributed by atoms with van der Waals surface area (Å²) in [4.78, 5) is 10.7. The van der Waals surface area contributed by atoms with Crippen LogP contribution in [0.2, 0.25) is 0 Å². The molecule has 1 aliphatic heterocycles. The molecule has 1 saturated heterocycles. The summed E-state index contributed by atoms with van der Waals surface area (Å²) >= 11 is 0.880. The summed E-state index contributed by atoms with van der Waals surface area (Å²) in [5.41, 5.74) is -1.05. The Bertz CT molecular complexity index is 575. The smallest absolute Gasteiger partial charge is 0.336 e. The molecule has 1 aromatic heterocycles. The normalized spacial score (nSPS) is 25.4. The van der Waals surface area contributed by atoms with Gasteiger partial charge in [-0.1, -0.05) is 0 Å². The van der Waals surface area contributed by atoms with Gasteiger partial charge in [0.15, 0.2) is 0 Å². The van der Waals surface area contributed by atoms with E-state index in [-0.39, 0.29) is 22.9 Å². The van der Waals surface area contributed by atoms with E-state index in [0.717, 1.165) is 17.4 Å². The fraction of sp³-hybridized carbons (Fsp3) is 0.500. The highest BCUT2D eigenvalue weighted by molar-refractivity contribution is 7.91. The van der Waals surface area contributed by atoms with Gasteiger partial charge in [0.2, 0.25) is 0 Å². The molecule has 0 saturated carbocycles. The monoisotopic (exact) mass is 291 g/mol. The first kappa shape index (κ1) is 13.5. The highest BCUT2D eigenvalue weighted by Crippen LogP contribution is 2.29. The van der Waals surface area contributed by atoms with Crippen LogP contribution in [0.25, 0.3) is 0 Å². The molecule has 0 bridgehead atoms. The van der Waals surface area contributed by atoms with Crippen LogP contribution in [0.1, 0.15) is 23.7 Å². The molecule has 8 heteroatoms. The molecule has 1 unspecified atom stereocenters. The van der Waals surface area contributed by atoms with Crippen LogP contribution in [0.4, 0.5) is 0 Å². The van der Waals surface area contributed by atoms with Crippen molar-refractivity contribution in [2.75, 3.05) is 13.1 Å². The van der Waals surface area contributed by atoms with Crippen molar-refractivity contribution < 1.29 is 23.4 Å². The zero-order chi connectivity index (χ0) is 13.6. The Labute approximate surface area is 109 Å². The van der Waals surface area contributed by atoms with Gasteiger partial charge in [-0.25, -0.2) is 13.2 Å². The summed E-state index contributed by atoms with van der Waals surface area (Å²) in [7, 11) is -3.69. The summed E-state index contributed by atoms with van der Waals surface area (Å²) in [5.74, 6) is -1.15. The van der Waals surface area contributed by atoms with Gasteiger partial charge in [0.1, 0.15) is 4.21 Å². The molecule has 2 rings (SSSR count). The molecule has 2 heterocycles. The molecule has 0 spiro atoms. The molecule has 0 amide bonds. The van der Waals surface area contributed by atoms with E-state index in [1.807, 2.05) is 0 Å². The minimum absolute atomic E-state index is 0.00222. The van der Waals surface area contributed by atoms with Crippen molar-refractivity contribution >= 4 is 27.3 Å². The number of sulfonamides is 1. The Hall–Kier alpha value is -0.960. The molecule has 2 N–H and O–H groups in total. The molecule has 100 valence electrons. The fourth-order valence-corrected chi connectivity index (χ4v) is 4.66. The summed E-state index contributed by atoms with van der Waals surface area (Å²) < 4.78 is 25.6. The number of carbonyl (C=O) groups is 1. The van der Waals surface area contributed by atoms with Gasteiger partial charge in [-0.2, -0.15) is 4.31 Å². The highest BCUT2D eigenvalue weighted by Gasteiger charge is 2.39. The van der Waals surface area contributed by atoms with Gasteiger partial charge < -0.3 is 10.2 Å². The number of rotatable bonds is 3. The number of β-amino-alcohol motifs (C(OH)–C–C–N with tert-alkyl or cyclic N) is 1. The maximum Gasteiger partial charge on any atom is 0.336 e. The number of carboxylic acids is 1. The molecular formula is C10H13NO5S2. The molecule has 18 heavy (non-hydrogen) atoms. The first-order valence-corrected chi connectivity index (χ1v) is 7.59. The SMILES string of the molecule is CC1(O)CCN(S(=O)(=O)c2cc(C(=O)O)cs2)C1. The predicted molar refractivity (Wildman–Crippen MR) is 65.3 cm³/mol. The van der Waals surface area contributed by atoms with Crippen LogP contribution in [-0.2, 0) is 10.0 Å². The van der Waals surface area contributed by atoms with Crippen molar-refractivity contribution in [2.45, 2.75) is 23.2 Å². The van der Waals surface area contributed by atoms with Crippen LogP contribution < -0.4 is 0 Å². The second kappa shape index (κ2) is 4.30. The minimum Gasteiger partial charge on any atom is -0.478 e.